The van der Waals surface area contributed by atoms with Crippen LogP contribution in [0.1, 0.15) is 31.0 Å². The average Bonchev–Trinajstić information content (AvgIpc) is 2.71. The van der Waals surface area contributed by atoms with Crippen LogP contribution in [-0.4, -0.2) is 39.9 Å². The van der Waals surface area contributed by atoms with Crippen LogP contribution >= 0.6 is 11.6 Å². The van der Waals surface area contributed by atoms with Crippen LogP contribution < -0.4 is 0 Å². The van der Waals surface area contributed by atoms with E-state index in [0.29, 0.717) is 0 Å². The molecule has 0 aliphatic carbocycles. The fourth-order valence-corrected chi connectivity index (χ4v) is 3.40. The average molecular weight is 387 g/mol. The number of hydrogen-bond acceptors (Lipinski definition) is 3. The molecular formula is C21H23ClN2O3. The van der Waals surface area contributed by atoms with Crippen molar-refractivity contribution in [3.05, 3.63) is 71.8 Å². The molecule has 2 amide bonds. The van der Waals surface area contributed by atoms with Crippen LogP contribution in [0.3, 0.4) is 0 Å². The van der Waals surface area contributed by atoms with E-state index in [2.05, 4.69) is 0 Å². The quantitative estimate of drug-likeness (QED) is 0.740. The Kier molecular flexibility index (Phi) is 6.01. The molecule has 2 aromatic rings. The number of halogens is 1. The maximum absolute atomic E-state index is 12.7. The first kappa shape index (κ1) is 19.2. The minimum Gasteiger partial charge on any atom is -0.444 e. The fraction of sp³-hybridized carbons (Fsp3) is 0.333. The van der Waals surface area contributed by atoms with Crippen LogP contribution in [0.25, 0.3) is 0 Å². The molecular weight excluding hydrogens is 364 g/mol. The van der Waals surface area contributed by atoms with E-state index in [0.717, 1.165) is 11.1 Å². The van der Waals surface area contributed by atoms with E-state index in [-0.39, 0.29) is 25.2 Å². The summed E-state index contributed by atoms with van der Waals surface area (Å²) in [6.07, 6.45) is -0.477. The van der Waals surface area contributed by atoms with Crippen molar-refractivity contribution >= 4 is 23.6 Å². The van der Waals surface area contributed by atoms with E-state index in [1.165, 1.54) is 4.90 Å². The highest BCUT2D eigenvalue weighted by Crippen LogP contribution is 2.29. The molecule has 5 nitrogen and oxygen atoms in total. The predicted octanol–water partition coefficient (Wildman–Crippen LogP) is 4.18. The molecule has 2 aromatic carbocycles. The molecule has 27 heavy (non-hydrogen) atoms. The van der Waals surface area contributed by atoms with Crippen molar-refractivity contribution in [2.45, 2.75) is 37.9 Å². The summed E-state index contributed by atoms with van der Waals surface area (Å²) in [7, 11) is 0. The Bertz CT molecular complexity index is 785. The summed E-state index contributed by atoms with van der Waals surface area (Å²) in [5.41, 5.74) is 1.89. The van der Waals surface area contributed by atoms with Crippen molar-refractivity contribution in [1.82, 2.24) is 9.80 Å². The third-order valence-electron chi connectivity index (χ3n) is 4.93. The summed E-state index contributed by atoms with van der Waals surface area (Å²) in [5.74, 6) is -0.173. The van der Waals surface area contributed by atoms with E-state index in [4.69, 9.17) is 16.3 Å². The fourth-order valence-electron chi connectivity index (χ4n) is 3.14. The highest BCUT2D eigenvalue weighted by atomic mass is 35.5. The van der Waals surface area contributed by atoms with Gasteiger partial charge >= 0.3 is 6.09 Å². The molecule has 0 bridgehead atoms. The monoisotopic (exact) mass is 386 g/mol. The lowest BCUT2D eigenvalue weighted by Crippen LogP contribution is -2.60. The SMILES string of the molecule is C[C@@H]1[C@@H](Cl)C(=O)N([C@@H](C)c2ccccc2)CN1C(=O)OCc1ccccc1. The van der Waals surface area contributed by atoms with Crippen molar-refractivity contribution < 1.29 is 14.3 Å². The van der Waals surface area contributed by atoms with Crippen molar-refractivity contribution in [3.8, 4) is 0 Å². The summed E-state index contributed by atoms with van der Waals surface area (Å²) in [6, 6.07) is 18.5. The number of ether oxygens (including phenoxy) is 1. The first-order chi connectivity index (χ1) is 13.0. The van der Waals surface area contributed by atoms with Crippen molar-refractivity contribution in [2.24, 2.45) is 0 Å². The van der Waals surface area contributed by atoms with Crippen LogP contribution in [0, 0.1) is 0 Å². The van der Waals surface area contributed by atoms with Crippen molar-refractivity contribution in [1.29, 1.82) is 0 Å². The second-order valence-corrected chi connectivity index (χ2v) is 7.16. The van der Waals surface area contributed by atoms with Crippen molar-refractivity contribution in [3.63, 3.8) is 0 Å². The lowest BCUT2D eigenvalue weighted by atomic mass is 10.0. The molecule has 0 aromatic heterocycles. The Morgan fingerprint density at radius 3 is 2.37 bits per heavy atom. The van der Waals surface area contributed by atoms with Gasteiger partial charge in [0.15, 0.2) is 0 Å². The van der Waals surface area contributed by atoms with Crippen LogP contribution in [0.5, 0.6) is 0 Å². The molecule has 3 atom stereocenters. The lowest BCUT2D eigenvalue weighted by molar-refractivity contribution is -0.141. The number of carbonyl (C=O) groups excluding carboxylic acids is 2. The smallest absolute Gasteiger partial charge is 0.411 e. The highest BCUT2D eigenvalue weighted by Gasteiger charge is 2.42. The van der Waals surface area contributed by atoms with Gasteiger partial charge < -0.3 is 9.64 Å². The Labute approximate surface area is 164 Å². The van der Waals surface area contributed by atoms with Crippen LogP contribution in [0.4, 0.5) is 4.79 Å². The van der Waals surface area contributed by atoms with Gasteiger partial charge in [-0.25, -0.2) is 4.79 Å². The van der Waals surface area contributed by atoms with Crippen LogP contribution in [-0.2, 0) is 16.1 Å². The molecule has 0 spiro atoms. The summed E-state index contributed by atoms with van der Waals surface area (Å²) < 4.78 is 5.45. The standard InChI is InChI=1S/C21H23ClN2O3/c1-15(18-11-7-4-8-12-18)23-14-24(16(2)19(22)20(23)25)21(26)27-13-17-9-5-3-6-10-17/h3-12,15-16,19H,13-14H2,1-2H3/t15-,16+,19+/m0/s1. The second-order valence-electron chi connectivity index (χ2n) is 6.69. The molecule has 1 fully saturated rings. The molecule has 142 valence electrons. The molecule has 3 rings (SSSR count). The maximum atomic E-state index is 12.7. The molecule has 6 heteroatoms. The Hall–Kier alpha value is -2.53. The van der Waals surface area contributed by atoms with E-state index in [1.807, 2.05) is 67.6 Å². The summed E-state index contributed by atoms with van der Waals surface area (Å²) in [6.45, 7) is 4.02. The number of benzene rings is 2. The summed E-state index contributed by atoms with van der Waals surface area (Å²) in [4.78, 5) is 28.5. The Morgan fingerprint density at radius 2 is 1.74 bits per heavy atom. The zero-order valence-electron chi connectivity index (χ0n) is 15.4. The van der Waals surface area contributed by atoms with E-state index >= 15 is 0 Å². The summed E-state index contributed by atoms with van der Waals surface area (Å²) >= 11 is 6.36. The van der Waals surface area contributed by atoms with E-state index in [9.17, 15) is 9.59 Å². The van der Waals surface area contributed by atoms with Gasteiger partial charge in [0.2, 0.25) is 5.91 Å². The topological polar surface area (TPSA) is 49.9 Å². The minimum atomic E-state index is -0.811. The third kappa shape index (κ3) is 4.25. The number of alkyl halides is 1. The lowest BCUT2D eigenvalue weighted by Gasteiger charge is -2.44. The first-order valence-electron chi connectivity index (χ1n) is 8.96. The van der Waals surface area contributed by atoms with Gasteiger partial charge in [-0.05, 0) is 25.0 Å². The number of hydrogen-bond donors (Lipinski definition) is 0. The third-order valence-corrected chi connectivity index (χ3v) is 5.48. The second kappa shape index (κ2) is 8.44. The molecule has 0 unspecified atom stereocenters. The van der Waals surface area contributed by atoms with Gasteiger partial charge in [0.05, 0.1) is 12.1 Å². The molecule has 0 radical (unpaired) electrons. The largest absolute Gasteiger partial charge is 0.444 e. The van der Waals surface area contributed by atoms with Gasteiger partial charge in [0, 0.05) is 0 Å². The predicted molar refractivity (Wildman–Crippen MR) is 104 cm³/mol. The number of nitrogens with zero attached hydrogens (tertiary/aromatic N) is 2. The highest BCUT2D eigenvalue weighted by molar-refractivity contribution is 6.31. The minimum absolute atomic E-state index is 0.146. The van der Waals surface area contributed by atoms with E-state index in [1.54, 1.807) is 11.8 Å². The molecule has 1 aliphatic heterocycles. The van der Waals surface area contributed by atoms with Crippen molar-refractivity contribution in [2.75, 3.05) is 6.67 Å². The molecule has 0 N–H and O–H groups in total. The van der Waals surface area contributed by atoms with Crippen LogP contribution in [0.15, 0.2) is 60.7 Å². The summed E-state index contributed by atoms with van der Waals surface area (Å²) in [5, 5.41) is -0.811. The zero-order chi connectivity index (χ0) is 19.4. The molecule has 1 heterocycles. The van der Waals surface area contributed by atoms with Gasteiger partial charge in [-0.2, -0.15) is 0 Å². The van der Waals surface area contributed by atoms with Gasteiger partial charge in [-0.3, -0.25) is 9.69 Å². The molecule has 0 saturated carbocycles. The van der Waals surface area contributed by atoms with Gasteiger partial charge in [-0.15, -0.1) is 11.6 Å². The zero-order valence-corrected chi connectivity index (χ0v) is 16.2. The molecule has 1 saturated heterocycles. The normalized spacial score (nSPS) is 21.1. The van der Waals surface area contributed by atoms with Crippen LogP contribution in [0.2, 0.25) is 0 Å². The van der Waals surface area contributed by atoms with Gasteiger partial charge in [0.1, 0.15) is 18.7 Å². The van der Waals surface area contributed by atoms with Gasteiger partial charge in [-0.1, -0.05) is 60.7 Å². The Morgan fingerprint density at radius 1 is 1.15 bits per heavy atom. The number of amides is 2. The number of rotatable bonds is 4. The Balaban J connectivity index is 1.72. The molecule has 1 aliphatic rings. The van der Waals surface area contributed by atoms with Gasteiger partial charge in [0.25, 0.3) is 0 Å². The van der Waals surface area contributed by atoms with E-state index < -0.39 is 17.5 Å². The number of carbonyl (C=O) groups is 2. The maximum Gasteiger partial charge on any atom is 0.411 e. The first-order valence-corrected chi connectivity index (χ1v) is 9.39.